The van der Waals surface area contributed by atoms with Gasteiger partial charge < -0.3 is 5.32 Å². The summed E-state index contributed by atoms with van der Waals surface area (Å²) in [7, 11) is 0. The molecule has 1 heterocycles. The van der Waals surface area contributed by atoms with Crippen molar-refractivity contribution < 1.29 is 0 Å². The van der Waals surface area contributed by atoms with Gasteiger partial charge in [0.15, 0.2) is 0 Å². The summed E-state index contributed by atoms with van der Waals surface area (Å²) < 4.78 is 0. The average Bonchev–Trinajstić information content (AvgIpc) is 2.84. The minimum Gasteiger partial charge on any atom is -0.313 e. The fraction of sp³-hybridized carbons (Fsp3) is 0.714. The van der Waals surface area contributed by atoms with E-state index in [9.17, 15) is 0 Å². The maximum atomic E-state index is 3.59. The van der Waals surface area contributed by atoms with Gasteiger partial charge in [0.1, 0.15) is 0 Å². The Labute approximate surface area is 103 Å². The van der Waals surface area contributed by atoms with Gasteiger partial charge >= 0.3 is 0 Å². The van der Waals surface area contributed by atoms with Crippen LogP contribution in [0.15, 0.2) is 6.07 Å². The molecule has 1 aromatic rings. The first-order valence-corrected chi connectivity index (χ1v) is 7.34. The Hall–Kier alpha value is -0.340. The van der Waals surface area contributed by atoms with Crippen LogP contribution in [-0.4, -0.2) is 6.54 Å². The summed E-state index contributed by atoms with van der Waals surface area (Å²) >= 11 is 1.91. The van der Waals surface area contributed by atoms with Crippen LogP contribution in [0.2, 0.25) is 0 Å². The molecule has 2 heteroatoms. The topological polar surface area (TPSA) is 12.0 Å². The third-order valence-corrected chi connectivity index (χ3v) is 4.67. The molecule has 0 radical (unpaired) electrons. The molecule has 0 aromatic carbocycles. The minimum atomic E-state index is 1.01. The summed E-state index contributed by atoms with van der Waals surface area (Å²) in [5.41, 5.74) is 1.49. The van der Waals surface area contributed by atoms with Gasteiger partial charge in [-0.05, 0) is 44.4 Å². The van der Waals surface area contributed by atoms with Crippen molar-refractivity contribution in [2.24, 2.45) is 5.92 Å². The van der Waals surface area contributed by atoms with Gasteiger partial charge in [0, 0.05) is 16.3 Å². The van der Waals surface area contributed by atoms with Crippen LogP contribution in [0.25, 0.3) is 0 Å². The van der Waals surface area contributed by atoms with Crippen molar-refractivity contribution in [3.8, 4) is 0 Å². The molecule has 90 valence electrons. The normalized spacial score (nSPS) is 17.1. The fourth-order valence-corrected chi connectivity index (χ4v) is 3.63. The van der Waals surface area contributed by atoms with Gasteiger partial charge in [0.05, 0.1) is 0 Å². The van der Waals surface area contributed by atoms with Crippen LogP contribution >= 0.6 is 11.3 Å². The van der Waals surface area contributed by atoms with Crippen LogP contribution in [-0.2, 0) is 6.54 Å². The van der Waals surface area contributed by atoms with E-state index in [4.69, 9.17) is 0 Å². The second-order valence-electron chi connectivity index (χ2n) is 5.05. The Balaban J connectivity index is 1.65. The van der Waals surface area contributed by atoms with Gasteiger partial charge in [-0.1, -0.05) is 25.7 Å². The largest absolute Gasteiger partial charge is 0.313 e. The van der Waals surface area contributed by atoms with E-state index in [1.165, 1.54) is 54.0 Å². The molecular formula is C14H23NS. The Kier molecular flexibility index (Phi) is 4.42. The van der Waals surface area contributed by atoms with Crippen molar-refractivity contribution in [3.63, 3.8) is 0 Å². The number of hydrogen-bond acceptors (Lipinski definition) is 2. The zero-order chi connectivity index (χ0) is 11.4. The number of rotatable bonds is 5. The van der Waals surface area contributed by atoms with Crippen LogP contribution in [0.3, 0.4) is 0 Å². The SMILES string of the molecule is Cc1cc(CNCCC2CCCC2)c(C)s1. The van der Waals surface area contributed by atoms with Gasteiger partial charge in [0.2, 0.25) is 0 Å². The average molecular weight is 237 g/mol. The molecule has 0 bridgehead atoms. The second kappa shape index (κ2) is 5.83. The first kappa shape index (κ1) is 12.1. The number of nitrogens with one attached hydrogen (secondary N) is 1. The highest BCUT2D eigenvalue weighted by atomic mass is 32.1. The first-order valence-electron chi connectivity index (χ1n) is 6.52. The van der Waals surface area contributed by atoms with E-state index in [1.54, 1.807) is 0 Å². The summed E-state index contributed by atoms with van der Waals surface area (Å²) in [6.07, 6.45) is 7.25. The second-order valence-corrected chi connectivity index (χ2v) is 6.51. The lowest BCUT2D eigenvalue weighted by Crippen LogP contribution is -2.17. The van der Waals surface area contributed by atoms with Crippen LogP contribution in [0.1, 0.15) is 47.4 Å². The molecular weight excluding hydrogens is 214 g/mol. The van der Waals surface area contributed by atoms with Crippen LogP contribution in [0.4, 0.5) is 0 Å². The molecule has 0 amide bonds. The quantitative estimate of drug-likeness (QED) is 0.762. The van der Waals surface area contributed by atoms with Crippen molar-refractivity contribution in [3.05, 3.63) is 21.4 Å². The molecule has 1 aliphatic carbocycles. The molecule has 1 aromatic heterocycles. The van der Waals surface area contributed by atoms with Gasteiger partial charge in [-0.3, -0.25) is 0 Å². The first-order chi connectivity index (χ1) is 7.75. The molecule has 2 rings (SSSR count). The van der Waals surface area contributed by atoms with Crippen molar-refractivity contribution in [1.29, 1.82) is 0 Å². The maximum absolute atomic E-state index is 3.59. The lowest BCUT2D eigenvalue weighted by atomic mass is 10.0. The molecule has 0 saturated heterocycles. The van der Waals surface area contributed by atoms with Crippen molar-refractivity contribution >= 4 is 11.3 Å². The molecule has 0 aliphatic heterocycles. The molecule has 1 fully saturated rings. The summed E-state index contributed by atoms with van der Waals surface area (Å²) in [4.78, 5) is 2.91. The van der Waals surface area contributed by atoms with Crippen molar-refractivity contribution in [2.75, 3.05) is 6.54 Å². The molecule has 0 spiro atoms. The maximum Gasteiger partial charge on any atom is 0.0216 e. The van der Waals surface area contributed by atoms with E-state index in [2.05, 4.69) is 25.2 Å². The van der Waals surface area contributed by atoms with E-state index in [1.807, 2.05) is 11.3 Å². The third kappa shape index (κ3) is 3.33. The number of hydrogen-bond donors (Lipinski definition) is 1. The standard InChI is InChI=1S/C14H23NS/c1-11-9-14(12(2)16-11)10-15-8-7-13-5-3-4-6-13/h9,13,15H,3-8,10H2,1-2H3. The highest BCUT2D eigenvalue weighted by Gasteiger charge is 2.13. The Morgan fingerprint density at radius 1 is 1.31 bits per heavy atom. The fourth-order valence-electron chi connectivity index (χ4n) is 2.69. The highest BCUT2D eigenvalue weighted by Crippen LogP contribution is 2.27. The van der Waals surface area contributed by atoms with E-state index >= 15 is 0 Å². The smallest absolute Gasteiger partial charge is 0.0216 e. The van der Waals surface area contributed by atoms with Gasteiger partial charge in [-0.25, -0.2) is 0 Å². The summed E-state index contributed by atoms with van der Waals surface area (Å²) in [5.74, 6) is 1.01. The van der Waals surface area contributed by atoms with E-state index in [0.717, 1.165) is 12.5 Å². The van der Waals surface area contributed by atoms with E-state index in [-0.39, 0.29) is 0 Å². The van der Waals surface area contributed by atoms with Gasteiger partial charge in [-0.2, -0.15) is 0 Å². The van der Waals surface area contributed by atoms with Gasteiger partial charge in [0.25, 0.3) is 0 Å². The summed E-state index contributed by atoms with van der Waals surface area (Å²) in [6, 6.07) is 2.32. The van der Waals surface area contributed by atoms with Gasteiger partial charge in [-0.15, -0.1) is 11.3 Å². The molecule has 1 aliphatic rings. The predicted octanol–water partition coefficient (Wildman–Crippen LogP) is 4.03. The molecule has 1 saturated carbocycles. The molecule has 16 heavy (non-hydrogen) atoms. The minimum absolute atomic E-state index is 1.01. The number of thiophene rings is 1. The monoisotopic (exact) mass is 237 g/mol. The lowest BCUT2D eigenvalue weighted by molar-refractivity contribution is 0.477. The van der Waals surface area contributed by atoms with Crippen LogP contribution in [0, 0.1) is 19.8 Å². The highest BCUT2D eigenvalue weighted by molar-refractivity contribution is 7.12. The molecule has 0 unspecified atom stereocenters. The van der Waals surface area contributed by atoms with Crippen LogP contribution in [0.5, 0.6) is 0 Å². The van der Waals surface area contributed by atoms with Crippen LogP contribution < -0.4 is 5.32 Å². The lowest BCUT2D eigenvalue weighted by Gasteiger charge is -2.09. The Morgan fingerprint density at radius 3 is 2.69 bits per heavy atom. The molecule has 1 N–H and O–H groups in total. The van der Waals surface area contributed by atoms with E-state index < -0.39 is 0 Å². The summed E-state index contributed by atoms with van der Waals surface area (Å²) in [6.45, 7) is 6.67. The third-order valence-electron chi connectivity index (χ3n) is 3.66. The summed E-state index contributed by atoms with van der Waals surface area (Å²) in [5, 5.41) is 3.59. The van der Waals surface area contributed by atoms with E-state index in [0.29, 0.717) is 0 Å². The number of aryl methyl sites for hydroxylation is 2. The molecule has 1 nitrogen and oxygen atoms in total. The predicted molar refractivity (Wildman–Crippen MR) is 72.1 cm³/mol. The van der Waals surface area contributed by atoms with Crippen molar-refractivity contribution in [1.82, 2.24) is 5.32 Å². The zero-order valence-corrected chi connectivity index (χ0v) is 11.3. The molecule has 0 atom stereocenters. The Morgan fingerprint density at radius 2 is 2.06 bits per heavy atom. The zero-order valence-electron chi connectivity index (χ0n) is 10.5. The van der Waals surface area contributed by atoms with Crippen molar-refractivity contribution in [2.45, 2.75) is 52.5 Å². The Bertz CT molecular complexity index is 323.